The molecule has 1 N–H and O–H groups in total. The zero-order valence-corrected chi connectivity index (χ0v) is 15.3. The lowest BCUT2D eigenvalue weighted by Crippen LogP contribution is -2.20. The molecule has 0 radical (unpaired) electrons. The maximum absolute atomic E-state index is 12.9. The maximum atomic E-state index is 12.9. The summed E-state index contributed by atoms with van der Waals surface area (Å²) in [7, 11) is 0. The van der Waals surface area contributed by atoms with Gasteiger partial charge in [0.25, 0.3) is 11.8 Å². The van der Waals surface area contributed by atoms with Crippen molar-refractivity contribution in [3.63, 3.8) is 0 Å². The van der Waals surface area contributed by atoms with Gasteiger partial charge >= 0.3 is 0 Å². The standard InChI is InChI=1S/C18H16FN3O4S/c1-10-20-17(26-22-10)16-13-6-7-24-8-14(13)27-18(16)21-15(23)9-25-12-4-2-11(19)3-5-12/h2-5H,6-9H2,1H3,(H,21,23). The van der Waals surface area contributed by atoms with E-state index in [2.05, 4.69) is 15.5 Å². The van der Waals surface area contributed by atoms with Gasteiger partial charge in [-0.05, 0) is 43.2 Å². The molecule has 0 atom stereocenters. The first-order valence-corrected chi connectivity index (χ1v) is 9.13. The van der Waals surface area contributed by atoms with E-state index in [0.717, 1.165) is 16.0 Å². The van der Waals surface area contributed by atoms with E-state index >= 15 is 0 Å². The zero-order valence-electron chi connectivity index (χ0n) is 14.5. The Kier molecular flexibility index (Phi) is 4.87. The summed E-state index contributed by atoms with van der Waals surface area (Å²) in [5.41, 5.74) is 1.80. The molecular formula is C18H16FN3O4S. The Bertz CT molecular complexity index is 968. The number of aromatic nitrogens is 2. The SMILES string of the molecule is Cc1noc(-c2c(NC(=O)COc3ccc(F)cc3)sc3c2CCOC3)n1. The van der Waals surface area contributed by atoms with Crippen LogP contribution >= 0.6 is 11.3 Å². The van der Waals surface area contributed by atoms with Crippen LogP contribution in [0.25, 0.3) is 11.5 Å². The number of ether oxygens (including phenoxy) is 2. The van der Waals surface area contributed by atoms with Crippen LogP contribution in [0, 0.1) is 12.7 Å². The van der Waals surface area contributed by atoms with Crippen molar-refractivity contribution in [1.82, 2.24) is 10.1 Å². The second-order valence-electron chi connectivity index (χ2n) is 5.95. The smallest absolute Gasteiger partial charge is 0.262 e. The molecule has 7 nitrogen and oxygen atoms in total. The highest BCUT2D eigenvalue weighted by Crippen LogP contribution is 2.42. The fourth-order valence-electron chi connectivity index (χ4n) is 2.79. The molecule has 27 heavy (non-hydrogen) atoms. The van der Waals surface area contributed by atoms with E-state index in [9.17, 15) is 9.18 Å². The number of nitrogens with zero attached hydrogens (tertiary/aromatic N) is 2. The lowest BCUT2D eigenvalue weighted by Gasteiger charge is -2.12. The second kappa shape index (κ2) is 7.45. The van der Waals surface area contributed by atoms with Crippen LogP contribution in [0.1, 0.15) is 16.3 Å². The molecule has 0 saturated heterocycles. The van der Waals surface area contributed by atoms with Crippen molar-refractivity contribution in [3.8, 4) is 17.2 Å². The third-order valence-electron chi connectivity index (χ3n) is 4.00. The molecule has 3 heterocycles. The Morgan fingerprint density at radius 2 is 2.19 bits per heavy atom. The van der Waals surface area contributed by atoms with Gasteiger partial charge in [0.15, 0.2) is 12.4 Å². The number of carbonyl (C=O) groups excluding carboxylic acids is 1. The molecule has 0 saturated carbocycles. The van der Waals surface area contributed by atoms with Crippen LogP contribution in [-0.2, 0) is 22.6 Å². The van der Waals surface area contributed by atoms with Gasteiger partial charge in [-0.1, -0.05) is 5.16 Å². The average Bonchev–Trinajstić information content (AvgIpc) is 3.24. The molecule has 0 spiro atoms. The number of anilines is 1. The van der Waals surface area contributed by atoms with Crippen LogP contribution in [0.15, 0.2) is 28.8 Å². The largest absolute Gasteiger partial charge is 0.484 e. The van der Waals surface area contributed by atoms with E-state index in [1.54, 1.807) is 6.92 Å². The molecule has 0 fully saturated rings. The number of thiophene rings is 1. The molecule has 9 heteroatoms. The molecule has 1 aliphatic heterocycles. The van der Waals surface area contributed by atoms with Crippen molar-refractivity contribution in [2.45, 2.75) is 20.0 Å². The van der Waals surface area contributed by atoms with Gasteiger partial charge in [-0.2, -0.15) is 4.98 Å². The Morgan fingerprint density at radius 3 is 2.93 bits per heavy atom. The molecule has 4 rings (SSSR count). The third kappa shape index (κ3) is 3.83. The fourth-order valence-corrected chi connectivity index (χ4v) is 3.98. The number of halogens is 1. The third-order valence-corrected chi connectivity index (χ3v) is 5.12. The first kappa shape index (κ1) is 17.6. The number of fused-ring (bicyclic) bond motifs is 1. The summed E-state index contributed by atoms with van der Waals surface area (Å²) in [5.74, 6) is 0.614. The highest BCUT2D eigenvalue weighted by molar-refractivity contribution is 7.17. The molecule has 0 aliphatic carbocycles. The average molecular weight is 389 g/mol. The monoisotopic (exact) mass is 389 g/mol. The predicted octanol–water partition coefficient (Wildman–Crippen LogP) is 3.34. The number of aryl methyl sites for hydroxylation is 1. The maximum Gasteiger partial charge on any atom is 0.262 e. The van der Waals surface area contributed by atoms with E-state index in [-0.39, 0.29) is 18.3 Å². The van der Waals surface area contributed by atoms with Crippen LogP contribution in [-0.4, -0.2) is 29.3 Å². The van der Waals surface area contributed by atoms with E-state index in [1.165, 1.54) is 35.6 Å². The van der Waals surface area contributed by atoms with E-state index in [4.69, 9.17) is 14.0 Å². The topological polar surface area (TPSA) is 86.5 Å². The minimum absolute atomic E-state index is 0.201. The normalized spacial score (nSPS) is 13.3. The first-order chi connectivity index (χ1) is 13.1. The first-order valence-electron chi connectivity index (χ1n) is 8.31. The Balaban J connectivity index is 1.53. The Hall–Kier alpha value is -2.78. The van der Waals surface area contributed by atoms with Gasteiger partial charge in [0.2, 0.25) is 0 Å². The van der Waals surface area contributed by atoms with Gasteiger partial charge in [-0.15, -0.1) is 11.3 Å². The second-order valence-corrected chi connectivity index (χ2v) is 7.05. The summed E-state index contributed by atoms with van der Waals surface area (Å²) >= 11 is 1.43. The molecule has 1 aromatic carbocycles. The molecule has 0 unspecified atom stereocenters. The van der Waals surface area contributed by atoms with Gasteiger partial charge in [-0.3, -0.25) is 4.79 Å². The number of nitrogens with one attached hydrogen (secondary N) is 1. The fraction of sp³-hybridized carbons (Fsp3) is 0.278. The van der Waals surface area contributed by atoms with Crippen LogP contribution < -0.4 is 10.1 Å². The van der Waals surface area contributed by atoms with E-state index in [1.807, 2.05) is 0 Å². The Morgan fingerprint density at radius 1 is 1.37 bits per heavy atom. The van der Waals surface area contributed by atoms with Crippen LogP contribution in [0.5, 0.6) is 5.75 Å². The van der Waals surface area contributed by atoms with Gasteiger partial charge < -0.3 is 19.3 Å². The number of hydrogen-bond donors (Lipinski definition) is 1. The minimum atomic E-state index is -0.363. The van der Waals surface area contributed by atoms with Crippen molar-refractivity contribution in [2.75, 3.05) is 18.5 Å². The van der Waals surface area contributed by atoms with Gasteiger partial charge in [0, 0.05) is 4.88 Å². The number of benzene rings is 1. The van der Waals surface area contributed by atoms with E-state index < -0.39 is 0 Å². The van der Waals surface area contributed by atoms with Crippen molar-refractivity contribution in [1.29, 1.82) is 0 Å². The van der Waals surface area contributed by atoms with Crippen molar-refractivity contribution < 1.29 is 23.2 Å². The van der Waals surface area contributed by atoms with Crippen LogP contribution in [0.2, 0.25) is 0 Å². The molecule has 0 bridgehead atoms. The molecule has 2 aromatic heterocycles. The zero-order chi connectivity index (χ0) is 18.8. The van der Waals surface area contributed by atoms with E-state index in [0.29, 0.717) is 42.1 Å². The summed E-state index contributed by atoms with van der Waals surface area (Å²) in [5, 5.41) is 7.33. The van der Waals surface area contributed by atoms with Crippen LogP contribution in [0.3, 0.4) is 0 Å². The summed E-state index contributed by atoms with van der Waals surface area (Å²) in [6.45, 7) is 2.63. The van der Waals surface area contributed by atoms with Crippen molar-refractivity contribution in [3.05, 3.63) is 46.3 Å². The number of carbonyl (C=O) groups is 1. The number of amides is 1. The quantitative estimate of drug-likeness (QED) is 0.720. The highest BCUT2D eigenvalue weighted by atomic mass is 32.1. The van der Waals surface area contributed by atoms with Gasteiger partial charge in [-0.25, -0.2) is 4.39 Å². The minimum Gasteiger partial charge on any atom is -0.484 e. The summed E-state index contributed by atoms with van der Waals surface area (Å²) in [6.07, 6.45) is 0.713. The molecule has 3 aromatic rings. The summed E-state index contributed by atoms with van der Waals surface area (Å²) in [4.78, 5) is 17.7. The highest BCUT2D eigenvalue weighted by Gasteiger charge is 2.26. The lowest BCUT2D eigenvalue weighted by atomic mass is 10.1. The molecule has 1 aliphatic rings. The van der Waals surface area contributed by atoms with Gasteiger partial charge in [0.1, 0.15) is 16.6 Å². The number of rotatable bonds is 5. The van der Waals surface area contributed by atoms with Crippen molar-refractivity contribution in [2.24, 2.45) is 0 Å². The lowest BCUT2D eigenvalue weighted by molar-refractivity contribution is -0.118. The van der Waals surface area contributed by atoms with Gasteiger partial charge in [0.05, 0.1) is 18.8 Å². The molecule has 1 amide bonds. The predicted molar refractivity (Wildman–Crippen MR) is 96.2 cm³/mol. The summed E-state index contributed by atoms with van der Waals surface area (Å²) in [6, 6.07) is 5.49. The van der Waals surface area contributed by atoms with Crippen molar-refractivity contribution >= 4 is 22.2 Å². The summed E-state index contributed by atoms with van der Waals surface area (Å²) < 4.78 is 29.2. The number of hydrogen-bond acceptors (Lipinski definition) is 7. The molecule has 140 valence electrons. The van der Waals surface area contributed by atoms with Crippen LogP contribution in [0.4, 0.5) is 9.39 Å². The Labute approximate surface area is 158 Å². The molecular weight excluding hydrogens is 373 g/mol.